The predicted molar refractivity (Wildman–Crippen MR) is 154 cm³/mol. The first kappa shape index (κ1) is 24.9. The molecule has 0 bridgehead atoms. The quantitative estimate of drug-likeness (QED) is 0.0897. The van der Waals surface area contributed by atoms with Gasteiger partial charge in [0, 0.05) is 16.2 Å². The molecule has 4 rings (SSSR count). The highest BCUT2D eigenvalue weighted by Crippen LogP contribution is 2.47. The van der Waals surface area contributed by atoms with E-state index in [1.54, 1.807) is 21.6 Å². The summed E-state index contributed by atoms with van der Waals surface area (Å²) in [5.74, 6) is 1.51. The Kier molecular flexibility index (Phi) is 9.94. The molecule has 0 aliphatic heterocycles. The lowest BCUT2D eigenvalue weighted by Gasteiger charge is -2.17. The maximum absolute atomic E-state index is 6.30. The van der Waals surface area contributed by atoms with Gasteiger partial charge in [-0.2, -0.15) is 0 Å². The average Bonchev–Trinajstić information content (AvgIpc) is 2.87. The van der Waals surface area contributed by atoms with Crippen LogP contribution in [-0.2, 0) is 0 Å². The number of nitrogens with zero attached hydrogens (tertiary/aromatic N) is 1. The van der Waals surface area contributed by atoms with Crippen LogP contribution in [0.1, 0.15) is 12.0 Å². The van der Waals surface area contributed by atoms with Crippen molar-refractivity contribution in [3.8, 4) is 5.75 Å². The monoisotopic (exact) mass is 519 g/mol. The van der Waals surface area contributed by atoms with Gasteiger partial charge < -0.3 is 4.74 Å². The molecule has 0 aromatic heterocycles. The molecule has 0 unspecified atom stereocenters. The van der Waals surface area contributed by atoms with Crippen LogP contribution in [0.3, 0.4) is 0 Å². The van der Waals surface area contributed by atoms with Crippen molar-refractivity contribution in [3.63, 3.8) is 0 Å². The summed E-state index contributed by atoms with van der Waals surface area (Å²) in [7, 11) is 7.27. The molecule has 0 aliphatic carbocycles. The third kappa shape index (κ3) is 8.51. The number of rotatable bonds is 10. The molecule has 0 saturated heterocycles. The van der Waals surface area contributed by atoms with E-state index < -0.39 is 0 Å². The van der Waals surface area contributed by atoms with Crippen LogP contribution >= 0.6 is 43.2 Å². The maximum Gasteiger partial charge on any atom is 0.197 e. The fraction of sp³-hybridized carbons (Fsp3) is 0.107. The predicted octanol–water partition coefficient (Wildman–Crippen LogP) is 9.70. The minimum absolute atomic E-state index is 0.225. The summed E-state index contributed by atoms with van der Waals surface area (Å²) in [6.07, 6.45) is 0.692. The summed E-state index contributed by atoms with van der Waals surface area (Å²) in [5, 5.41) is 0. The molecule has 0 amide bonds. The normalized spacial score (nSPS) is 11.5. The highest BCUT2D eigenvalue weighted by Gasteiger charge is 2.18. The first-order valence-electron chi connectivity index (χ1n) is 10.9. The van der Waals surface area contributed by atoms with Crippen molar-refractivity contribution in [1.82, 2.24) is 0 Å². The van der Waals surface area contributed by atoms with Crippen molar-refractivity contribution >= 4 is 54.8 Å². The molecule has 0 saturated carbocycles. The molecular weight excluding hydrogens is 495 g/mol. The van der Waals surface area contributed by atoms with Crippen LogP contribution in [0.2, 0.25) is 0 Å². The second-order valence-electron chi connectivity index (χ2n) is 7.38. The summed E-state index contributed by atoms with van der Waals surface area (Å²) in [5.41, 5.74) is 2.09. The van der Waals surface area contributed by atoms with Gasteiger partial charge in [-0.05, 0) is 61.0 Å². The minimum Gasteiger partial charge on any atom is -0.443 e. The molecule has 4 aromatic rings. The number of para-hydroxylation sites is 1. The van der Waals surface area contributed by atoms with Gasteiger partial charge in [-0.15, -0.1) is 0 Å². The topological polar surface area (TPSA) is 21.6 Å². The zero-order valence-electron chi connectivity index (χ0n) is 18.7. The van der Waals surface area contributed by atoms with Gasteiger partial charge in [0.05, 0.1) is 10.3 Å². The van der Waals surface area contributed by atoms with Gasteiger partial charge in [0.2, 0.25) is 0 Å². The number of benzene rings is 4. The van der Waals surface area contributed by atoms with Crippen molar-refractivity contribution in [3.05, 3.63) is 121 Å². The number of ether oxygens (including phenoxy) is 1. The van der Waals surface area contributed by atoms with Gasteiger partial charge in [0.1, 0.15) is 5.75 Å². The number of hydrogen-bond acceptors (Lipinski definition) is 6. The molecule has 0 spiro atoms. The second kappa shape index (κ2) is 13.6. The van der Waals surface area contributed by atoms with Gasteiger partial charge in [-0.1, -0.05) is 110 Å². The van der Waals surface area contributed by atoms with Crippen LogP contribution in [0, 0.1) is 6.92 Å². The van der Waals surface area contributed by atoms with Gasteiger partial charge in [0.15, 0.2) is 5.90 Å². The zero-order chi connectivity index (χ0) is 23.4. The summed E-state index contributed by atoms with van der Waals surface area (Å²) in [6.45, 7) is 2.08. The van der Waals surface area contributed by atoms with Gasteiger partial charge in [-0.3, -0.25) is 0 Å². The summed E-state index contributed by atoms with van der Waals surface area (Å²) in [4.78, 5) is 7.39. The Balaban J connectivity index is 1.54. The van der Waals surface area contributed by atoms with Crippen LogP contribution in [0.4, 0.5) is 5.69 Å². The van der Waals surface area contributed by atoms with E-state index in [4.69, 9.17) is 9.73 Å². The summed E-state index contributed by atoms with van der Waals surface area (Å²) in [6, 6.07) is 39.1. The fourth-order valence-electron chi connectivity index (χ4n) is 2.97. The van der Waals surface area contributed by atoms with E-state index in [0.29, 0.717) is 12.3 Å². The molecule has 2 nitrogen and oxygen atoms in total. The Hall–Kier alpha value is -2.25. The van der Waals surface area contributed by atoms with Crippen LogP contribution < -0.4 is 4.74 Å². The Bertz CT molecular complexity index is 1130. The van der Waals surface area contributed by atoms with Gasteiger partial charge >= 0.3 is 0 Å². The van der Waals surface area contributed by atoms with Crippen LogP contribution in [0.25, 0.3) is 0 Å². The Morgan fingerprint density at radius 3 is 1.82 bits per heavy atom. The smallest absolute Gasteiger partial charge is 0.197 e. The van der Waals surface area contributed by atoms with Crippen molar-refractivity contribution < 1.29 is 4.74 Å². The standard InChI is InChI=1S/C28H25NOS4/c1-22-12-11-13-23(20-22)29-27(30-24-14-5-2-6-15-24)21-28(33-31-25-16-7-3-8-17-25)34-32-26-18-9-4-10-19-26/h2-20,28H,21H2,1H3/b29-27-. The Labute approximate surface area is 217 Å². The van der Waals surface area contributed by atoms with Crippen LogP contribution in [0.5, 0.6) is 5.75 Å². The summed E-state index contributed by atoms with van der Waals surface area (Å²) < 4.78 is 6.52. The molecule has 0 radical (unpaired) electrons. The van der Waals surface area contributed by atoms with E-state index in [0.717, 1.165) is 11.4 Å². The van der Waals surface area contributed by atoms with Crippen molar-refractivity contribution in [2.24, 2.45) is 4.99 Å². The first-order chi connectivity index (χ1) is 16.7. The lowest BCUT2D eigenvalue weighted by atomic mass is 10.2. The number of aliphatic imine (C=N–C) groups is 1. The third-order valence-electron chi connectivity index (χ3n) is 4.57. The van der Waals surface area contributed by atoms with E-state index in [2.05, 4.69) is 67.6 Å². The molecule has 0 heterocycles. The largest absolute Gasteiger partial charge is 0.443 e. The molecule has 6 heteroatoms. The van der Waals surface area contributed by atoms with Crippen molar-refractivity contribution in [2.45, 2.75) is 27.7 Å². The lowest BCUT2D eigenvalue weighted by Crippen LogP contribution is -2.13. The van der Waals surface area contributed by atoms with E-state index in [1.807, 2.05) is 76.2 Å². The molecule has 0 N–H and O–H groups in total. The van der Waals surface area contributed by atoms with Gasteiger partial charge in [0.25, 0.3) is 0 Å². The Morgan fingerprint density at radius 1 is 0.706 bits per heavy atom. The van der Waals surface area contributed by atoms with Gasteiger partial charge in [-0.25, -0.2) is 4.99 Å². The lowest BCUT2D eigenvalue weighted by molar-refractivity contribution is 0.535. The van der Waals surface area contributed by atoms with Crippen LogP contribution in [0.15, 0.2) is 130 Å². The van der Waals surface area contributed by atoms with Crippen LogP contribution in [-0.4, -0.2) is 10.5 Å². The summed E-state index contributed by atoms with van der Waals surface area (Å²) >= 11 is 0. The highest BCUT2D eigenvalue weighted by molar-refractivity contribution is 8.85. The highest BCUT2D eigenvalue weighted by atomic mass is 33.1. The Morgan fingerprint density at radius 2 is 1.26 bits per heavy atom. The molecule has 172 valence electrons. The second-order valence-corrected chi connectivity index (χ2v) is 12.6. The SMILES string of the molecule is Cc1cccc(/N=C(/CC(SSc2ccccc2)SSc2ccccc2)Oc2ccccc2)c1. The number of aryl methyl sites for hydroxylation is 1. The fourth-order valence-corrected chi connectivity index (χ4v) is 8.74. The third-order valence-corrected chi connectivity index (χ3v) is 10.9. The van der Waals surface area contributed by atoms with Crippen molar-refractivity contribution in [1.29, 1.82) is 0 Å². The minimum atomic E-state index is 0.225. The first-order valence-corrected chi connectivity index (χ1v) is 15.3. The molecular formula is C28H25NOS4. The average molecular weight is 520 g/mol. The molecule has 4 aromatic carbocycles. The zero-order valence-corrected chi connectivity index (χ0v) is 22.0. The van der Waals surface area contributed by atoms with E-state index >= 15 is 0 Å². The van der Waals surface area contributed by atoms with Crippen molar-refractivity contribution in [2.75, 3.05) is 0 Å². The van der Waals surface area contributed by atoms with E-state index in [-0.39, 0.29) is 4.58 Å². The molecule has 0 fully saturated rings. The van der Waals surface area contributed by atoms with E-state index in [9.17, 15) is 0 Å². The molecule has 0 aliphatic rings. The molecule has 34 heavy (non-hydrogen) atoms. The maximum atomic E-state index is 6.30. The van der Waals surface area contributed by atoms with E-state index in [1.165, 1.54) is 15.4 Å². The molecule has 0 atom stereocenters. The number of hydrogen-bond donors (Lipinski definition) is 0.